The van der Waals surface area contributed by atoms with E-state index < -0.39 is 5.82 Å². The first-order valence-corrected chi connectivity index (χ1v) is 8.05. The summed E-state index contributed by atoms with van der Waals surface area (Å²) in [7, 11) is 0. The van der Waals surface area contributed by atoms with Gasteiger partial charge in [0, 0.05) is 18.7 Å². The van der Waals surface area contributed by atoms with Crippen LogP contribution in [0.1, 0.15) is 29.3 Å². The Morgan fingerprint density at radius 3 is 2.88 bits per heavy atom. The summed E-state index contributed by atoms with van der Waals surface area (Å²) in [6.45, 7) is 2.85. The molecule has 2 aromatic rings. The van der Waals surface area contributed by atoms with Gasteiger partial charge in [-0.15, -0.1) is 0 Å². The SMILES string of the molecule is CC(=O)c1c(F)cccc1NCc1cc(Cl)c2c(c1)OCCCO2. The maximum atomic E-state index is 13.8. The molecule has 2 aromatic carbocycles. The molecule has 1 aliphatic rings. The van der Waals surface area contributed by atoms with Gasteiger partial charge in [-0.25, -0.2) is 4.39 Å². The van der Waals surface area contributed by atoms with Gasteiger partial charge in [-0.05, 0) is 36.8 Å². The van der Waals surface area contributed by atoms with Gasteiger partial charge in [0.05, 0.1) is 23.8 Å². The lowest BCUT2D eigenvalue weighted by Crippen LogP contribution is -2.07. The zero-order chi connectivity index (χ0) is 17.1. The second kappa shape index (κ2) is 7.09. The smallest absolute Gasteiger partial charge is 0.179 e. The molecule has 0 saturated carbocycles. The van der Waals surface area contributed by atoms with E-state index in [1.807, 2.05) is 6.07 Å². The molecule has 3 rings (SSSR count). The summed E-state index contributed by atoms with van der Waals surface area (Å²) < 4.78 is 25.1. The van der Waals surface area contributed by atoms with Crippen molar-refractivity contribution in [1.29, 1.82) is 0 Å². The Bertz CT molecular complexity index is 779. The zero-order valence-electron chi connectivity index (χ0n) is 13.2. The number of hydrogen-bond acceptors (Lipinski definition) is 4. The minimum Gasteiger partial charge on any atom is -0.489 e. The second-order valence-electron chi connectivity index (χ2n) is 5.53. The number of anilines is 1. The predicted octanol–water partition coefficient (Wildman–Crippen LogP) is 4.46. The Balaban J connectivity index is 1.83. The first-order chi connectivity index (χ1) is 11.6. The highest BCUT2D eigenvalue weighted by Crippen LogP contribution is 2.38. The van der Waals surface area contributed by atoms with E-state index in [0.29, 0.717) is 42.0 Å². The highest BCUT2D eigenvalue weighted by atomic mass is 35.5. The van der Waals surface area contributed by atoms with Crippen LogP contribution in [0.15, 0.2) is 30.3 Å². The van der Waals surface area contributed by atoms with Crippen molar-refractivity contribution >= 4 is 23.1 Å². The van der Waals surface area contributed by atoms with E-state index in [2.05, 4.69) is 5.32 Å². The van der Waals surface area contributed by atoms with Crippen molar-refractivity contribution in [3.63, 3.8) is 0 Å². The molecule has 6 heteroatoms. The van der Waals surface area contributed by atoms with Crippen LogP contribution in [0, 0.1) is 5.82 Å². The van der Waals surface area contributed by atoms with E-state index in [0.717, 1.165) is 12.0 Å². The number of ketones is 1. The molecule has 24 heavy (non-hydrogen) atoms. The van der Waals surface area contributed by atoms with Crippen molar-refractivity contribution in [3.8, 4) is 11.5 Å². The number of hydrogen-bond donors (Lipinski definition) is 1. The molecule has 0 radical (unpaired) electrons. The predicted molar refractivity (Wildman–Crippen MR) is 90.8 cm³/mol. The fourth-order valence-corrected chi connectivity index (χ4v) is 2.90. The third-order valence-electron chi connectivity index (χ3n) is 3.71. The Morgan fingerprint density at radius 1 is 1.29 bits per heavy atom. The minimum absolute atomic E-state index is 0.0536. The molecule has 0 spiro atoms. The fraction of sp³-hybridized carbons (Fsp3) is 0.278. The van der Waals surface area contributed by atoms with Crippen LogP contribution in [-0.2, 0) is 6.54 Å². The van der Waals surface area contributed by atoms with Gasteiger partial charge in [-0.1, -0.05) is 17.7 Å². The first kappa shape index (κ1) is 16.6. The number of rotatable bonds is 4. The summed E-state index contributed by atoms with van der Waals surface area (Å²) in [6, 6.07) is 8.11. The van der Waals surface area contributed by atoms with Crippen LogP contribution in [0.4, 0.5) is 10.1 Å². The van der Waals surface area contributed by atoms with E-state index in [9.17, 15) is 9.18 Å². The number of halogens is 2. The van der Waals surface area contributed by atoms with Gasteiger partial charge in [0.2, 0.25) is 0 Å². The normalized spacial score (nSPS) is 13.3. The number of carbonyl (C=O) groups excluding carboxylic acids is 1. The lowest BCUT2D eigenvalue weighted by molar-refractivity contribution is 0.101. The summed E-state index contributed by atoms with van der Waals surface area (Å²) in [5.74, 6) is 0.285. The maximum Gasteiger partial charge on any atom is 0.179 e. The van der Waals surface area contributed by atoms with Crippen LogP contribution in [0.5, 0.6) is 11.5 Å². The van der Waals surface area contributed by atoms with Crippen LogP contribution >= 0.6 is 11.6 Å². The van der Waals surface area contributed by atoms with Gasteiger partial charge in [0.1, 0.15) is 5.82 Å². The van der Waals surface area contributed by atoms with Gasteiger partial charge in [-0.3, -0.25) is 4.79 Å². The van der Waals surface area contributed by atoms with Crippen molar-refractivity contribution in [2.45, 2.75) is 19.9 Å². The van der Waals surface area contributed by atoms with Crippen LogP contribution in [0.25, 0.3) is 0 Å². The topological polar surface area (TPSA) is 47.6 Å². The second-order valence-corrected chi connectivity index (χ2v) is 5.93. The average Bonchev–Trinajstić information content (AvgIpc) is 2.78. The molecule has 0 bridgehead atoms. The third-order valence-corrected chi connectivity index (χ3v) is 3.99. The van der Waals surface area contributed by atoms with Crippen molar-refractivity contribution in [2.24, 2.45) is 0 Å². The number of carbonyl (C=O) groups is 1. The molecule has 0 atom stereocenters. The molecule has 0 fully saturated rings. The number of Topliss-reactive ketones (excluding diaryl/α,β-unsaturated/α-hetero) is 1. The molecule has 1 heterocycles. The summed E-state index contributed by atoms with van der Waals surface area (Å²) in [5.41, 5.74) is 1.35. The summed E-state index contributed by atoms with van der Waals surface area (Å²) in [6.07, 6.45) is 0.795. The zero-order valence-corrected chi connectivity index (χ0v) is 14.0. The summed E-state index contributed by atoms with van der Waals surface area (Å²) in [5, 5.41) is 3.56. The highest BCUT2D eigenvalue weighted by Gasteiger charge is 2.16. The average molecular weight is 350 g/mol. The van der Waals surface area contributed by atoms with Gasteiger partial charge < -0.3 is 14.8 Å². The lowest BCUT2D eigenvalue weighted by Gasteiger charge is -2.14. The van der Waals surface area contributed by atoms with Crippen LogP contribution in [0.2, 0.25) is 5.02 Å². The molecule has 0 amide bonds. The molecular formula is C18H17ClFNO3. The number of nitrogens with one attached hydrogen (secondary N) is 1. The van der Waals surface area contributed by atoms with Crippen molar-refractivity contribution < 1.29 is 18.7 Å². The number of benzene rings is 2. The Morgan fingerprint density at radius 2 is 2.08 bits per heavy atom. The molecule has 0 aliphatic carbocycles. The lowest BCUT2D eigenvalue weighted by atomic mass is 10.1. The van der Waals surface area contributed by atoms with Crippen molar-refractivity contribution in [2.75, 3.05) is 18.5 Å². The van der Waals surface area contributed by atoms with E-state index in [1.54, 1.807) is 18.2 Å². The largest absolute Gasteiger partial charge is 0.489 e. The van der Waals surface area contributed by atoms with E-state index >= 15 is 0 Å². The molecule has 0 saturated heterocycles. The maximum absolute atomic E-state index is 13.8. The van der Waals surface area contributed by atoms with Gasteiger partial charge >= 0.3 is 0 Å². The molecule has 4 nitrogen and oxygen atoms in total. The monoisotopic (exact) mass is 349 g/mol. The van der Waals surface area contributed by atoms with Crippen LogP contribution in [0.3, 0.4) is 0 Å². The fourth-order valence-electron chi connectivity index (χ4n) is 2.61. The standard InChI is InChI=1S/C18H17ClFNO3/c1-11(22)17-14(20)4-2-5-15(17)21-10-12-8-13(19)18-16(9-12)23-6-3-7-24-18/h2,4-5,8-9,21H,3,6-7,10H2,1H3. The van der Waals surface area contributed by atoms with Gasteiger partial charge in [-0.2, -0.15) is 0 Å². The first-order valence-electron chi connectivity index (χ1n) is 7.67. The molecule has 126 valence electrons. The molecule has 0 unspecified atom stereocenters. The van der Waals surface area contributed by atoms with E-state index in [1.165, 1.54) is 13.0 Å². The molecule has 1 N–H and O–H groups in total. The van der Waals surface area contributed by atoms with Crippen LogP contribution in [-0.4, -0.2) is 19.0 Å². The third kappa shape index (κ3) is 3.46. The molecule has 1 aliphatic heterocycles. The quantitative estimate of drug-likeness (QED) is 0.828. The molecular weight excluding hydrogens is 333 g/mol. The minimum atomic E-state index is -0.538. The van der Waals surface area contributed by atoms with E-state index in [-0.39, 0.29) is 11.3 Å². The van der Waals surface area contributed by atoms with Crippen molar-refractivity contribution in [3.05, 3.63) is 52.3 Å². The van der Waals surface area contributed by atoms with Gasteiger partial charge in [0.15, 0.2) is 17.3 Å². The molecule has 0 aromatic heterocycles. The van der Waals surface area contributed by atoms with E-state index in [4.69, 9.17) is 21.1 Å². The Labute approximate surface area is 144 Å². The van der Waals surface area contributed by atoms with Crippen molar-refractivity contribution in [1.82, 2.24) is 0 Å². The number of fused-ring (bicyclic) bond motifs is 1. The number of ether oxygens (including phenoxy) is 2. The Kier molecular flexibility index (Phi) is 4.90. The summed E-state index contributed by atoms with van der Waals surface area (Å²) >= 11 is 6.26. The summed E-state index contributed by atoms with van der Waals surface area (Å²) in [4.78, 5) is 11.6. The van der Waals surface area contributed by atoms with Crippen LogP contribution < -0.4 is 14.8 Å². The Hall–Kier alpha value is -2.27. The highest BCUT2D eigenvalue weighted by molar-refractivity contribution is 6.32. The van der Waals surface area contributed by atoms with Gasteiger partial charge in [0.25, 0.3) is 0 Å².